The molecule has 0 aliphatic carbocycles. The monoisotopic (exact) mass is 294 g/mol. The molecular weight excluding hydrogens is 272 g/mol. The third-order valence-electron chi connectivity index (χ3n) is 2.31. The molecule has 0 saturated carbocycles. The van der Waals surface area contributed by atoms with Gasteiger partial charge in [0.1, 0.15) is 5.75 Å². The molecular formula is C16H22O5. The van der Waals surface area contributed by atoms with Crippen molar-refractivity contribution in [3.05, 3.63) is 42.0 Å². The van der Waals surface area contributed by atoms with Crippen molar-refractivity contribution < 1.29 is 24.5 Å². The molecule has 0 aliphatic rings. The highest BCUT2D eigenvalue weighted by atomic mass is 16.5. The average molecular weight is 294 g/mol. The van der Waals surface area contributed by atoms with Crippen molar-refractivity contribution in [2.75, 3.05) is 6.61 Å². The number of ether oxygens (including phenoxy) is 1. The Morgan fingerprint density at radius 2 is 1.76 bits per heavy atom. The molecule has 0 radical (unpaired) electrons. The zero-order valence-electron chi connectivity index (χ0n) is 12.4. The first kappa shape index (κ1) is 18.7. The molecule has 5 heteroatoms. The number of hydrogen-bond acceptors (Lipinski definition) is 3. The summed E-state index contributed by atoms with van der Waals surface area (Å²) >= 11 is 0. The quantitative estimate of drug-likeness (QED) is 0.755. The lowest BCUT2D eigenvalue weighted by atomic mass is 10.1. The average Bonchev–Trinajstić information content (AvgIpc) is 2.41. The van der Waals surface area contributed by atoms with Crippen LogP contribution in [-0.4, -0.2) is 28.8 Å². The fraction of sp³-hybridized carbons (Fsp3) is 0.375. The molecule has 0 bridgehead atoms. The Hall–Kier alpha value is -2.30. The minimum atomic E-state index is -0.863. The molecule has 0 fully saturated rings. The maximum Gasteiger partial charge on any atom is 0.327 e. The van der Waals surface area contributed by atoms with Gasteiger partial charge in [0, 0.05) is 6.08 Å². The maximum absolute atomic E-state index is 10.3. The Morgan fingerprint density at radius 1 is 1.14 bits per heavy atom. The van der Waals surface area contributed by atoms with E-state index >= 15 is 0 Å². The first-order chi connectivity index (χ1) is 9.99. The van der Waals surface area contributed by atoms with Crippen LogP contribution < -0.4 is 4.74 Å². The Labute approximate surface area is 124 Å². The number of hydrogen-bond donors (Lipinski definition) is 2. The van der Waals surface area contributed by atoms with Crippen LogP contribution in [0, 0.1) is 0 Å². The van der Waals surface area contributed by atoms with Crippen LogP contribution in [0.3, 0.4) is 0 Å². The van der Waals surface area contributed by atoms with Gasteiger partial charge in [-0.05, 0) is 31.0 Å². The van der Waals surface area contributed by atoms with Crippen molar-refractivity contribution in [1.82, 2.24) is 0 Å². The van der Waals surface area contributed by atoms with Crippen molar-refractivity contribution in [2.24, 2.45) is 0 Å². The molecule has 1 aromatic rings. The van der Waals surface area contributed by atoms with E-state index in [9.17, 15) is 9.59 Å². The summed E-state index contributed by atoms with van der Waals surface area (Å²) in [6.45, 7) is 4.54. The molecule has 0 heterocycles. The fourth-order valence-corrected chi connectivity index (χ4v) is 1.40. The second-order valence-electron chi connectivity index (χ2n) is 4.18. The normalized spacial score (nSPS) is 9.81. The largest absolute Gasteiger partial charge is 0.494 e. The van der Waals surface area contributed by atoms with Crippen molar-refractivity contribution in [2.45, 2.75) is 33.1 Å². The second-order valence-corrected chi connectivity index (χ2v) is 4.18. The van der Waals surface area contributed by atoms with Gasteiger partial charge in [-0.2, -0.15) is 0 Å². The molecule has 116 valence electrons. The number of rotatable bonds is 7. The van der Waals surface area contributed by atoms with Crippen LogP contribution in [0.1, 0.15) is 32.3 Å². The topological polar surface area (TPSA) is 83.8 Å². The minimum Gasteiger partial charge on any atom is -0.494 e. The zero-order chi connectivity index (χ0) is 16.1. The van der Waals surface area contributed by atoms with Crippen molar-refractivity contribution in [1.29, 1.82) is 0 Å². The maximum atomic E-state index is 10.3. The van der Waals surface area contributed by atoms with Gasteiger partial charge in [-0.15, -0.1) is 0 Å². The van der Waals surface area contributed by atoms with Gasteiger partial charge in [0.2, 0.25) is 0 Å². The van der Waals surface area contributed by atoms with Gasteiger partial charge in [0.05, 0.1) is 13.0 Å². The van der Waals surface area contributed by atoms with Crippen LogP contribution >= 0.6 is 0 Å². The molecule has 0 unspecified atom stereocenters. The van der Waals surface area contributed by atoms with Gasteiger partial charge in [-0.3, -0.25) is 4.79 Å². The van der Waals surface area contributed by atoms with Crippen LogP contribution in [0.5, 0.6) is 5.75 Å². The smallest absolute Gasteiger partial charge is 0.327 e. The zero-order valence-corrected chi connectivity index (χ0v) is 12.4. The van der Waals surface area contributed by atoms with Crippen LogP contribution in [0.15, 0.2) is 36.4 Å². The summed E-state index contributed by atoms with van der Waals surface area (Å²) in [5, 5.41) is 16.6. The lowest BCUT2D eigenvalue weighted by Crippen LogP contribution is -1.99. The predicted molar refractivity (Wildman–Crippen MR) is 80.6 cm³/mol. The molecule has 0 aromatic heterocycles. The number of aliphatic carboxylic acids is 2. The SMILES string of the molecule is CCC/C=C/C(=O)O.CCOc1ccc(CC(=O)O)cc1. The van der Waals surface area contributed by atoms with Crippen LogP contribution in [0.2, 0.25) is 0 Å². The molecule has 5 nitrogen and oxygen atoms in total. The van der Waals surface area contributed by atoms with E-state index < -0.39 is 11.9 Å². The van der Waals surface area contributed by atoms with Crippen LogP contribution in [0.4, 0.5) is 0 Å². The number of carbonyl (C=O) groups is 2. The van der Waals surface area contributed by atoms with Crippen LogP contribution in [-0.2, 0) is 16.0 Å². The number of carboxylic acid groups (broad SMARTS) is 2. The van der Waals surface area contributed by atoms with E-state index in [-0.39, 0.29) is 6.42 Å². The van der Waals surface area contributed by atoms with E-state index in [0.717, 1.165) is 24.2 Å². The van der Waals surface area contributed by atoms with E-state index in [4.69, 9.17) is 14.9 Å². The first-order valence-electron chi connectivity index (χ1n) is 6.82. The minimum absolute atomic E-state index is 0.0619. The number of carboxylic acids is 2. The lowest BCUT2D eigenvalue weighted by molar-refractivity contribution is -0.136. The summed E-state index contributed by atoms with van der Waals surface area (Å²) in [5.41, 5.74) is 0.788. The molecule has 0 saturated heterocycles. The van der Waals surface area contributed by atoms with Gasteiger partial charge in [-0.25, -0.2) is 4.79 Å². The van der Waals surface area contributed by atoms with E-state index in [1.165, 1.54) is 6.08 Å². The molecule has 1 rings (SSSR count). The van der Waals surface area contributed by atoms with Gasteiger partial charge in [0.25, 0.3) is 0 Å². The number of allylic oxidation sites excluding steroid dienone is 1. The summed E-state index contributed by atoms with van der Waals surface area (Å²) in [4.78, 5) is 20.1. The highest BCUT2D eigenvalue weighted by Gasteiger charge is 1.99. The first-order valence-corrected chi connectivity index (χ1v) is 6.82. The van der Waals surface area contributed by atoms with Crippen LogP contribution in [0.25, 0.3) is 0 Å². The van der Waals surface area contributed by atoms with Crippen molar-refractivity contribution in [3.63, 3.8) is 0 Å². The Kier molecular flexibility index (Phi) is 10.3. The molecule has 1 aromatic carbocycles. The molecule has 21 heavy (non-hydrogen) atoms. The van der Waals surface area contributed by atoms with Gasteiger partial charge < -0.3 is 14.9 Å². The highest BCUT2D eigenvalue weighted by Crippen LogP contribution is 2.12. The molecule has 0 aliphatic heterocycles. The fourth-order valence-electron chi connectivity index (χ4n) is 1.40. The molecule has 0 spiro atoms. The van der Waals surface area contributed by atoms with E-state index in [2.05, 4.69) is 0 Å². The van der Waals surface area contributed by atoms with Crippen molar-refractivity contribution in [3.8, 4) is 5.75 Å². The molecule has 2 N–H and O–H groups in total. The molecule has 0 amide bonds. The Balaban J connectivity index is 0.000000433. The van der Waals surface area contributed by atoms with Gasteiger partial charge >= 0.3 is 11.9 Å². The van der Waals surface area contributed by atoms with E-state index in [0.29, 0.717) is 6.61 Å². The van der Waals surface area contributed by atoms with Crippen molar-refractivity contribution >= 4 is 11.9 Å². The Bertz CT molecular complexity index is 448. The summed E-state index contributed by atoms with van der Waals surface area (Å²) in [5.74, 6) is -0.903. The Morgan fingerprint density at radius 3 is 2.19 bits per heavy atom. The van der Waals surface area contributed by atoms with Gasteiger partial charge in [0.15, 0.2) is 0 Å². The summed E-state index contributed by atoms with van der Waals surface area (Å²) in [6, 6.07) is 7.09. The number of benzene rings is 1. The van der Waals surface area contributed by atoms with E-state index in [1.807, 2.05) is 13.8 Å². The predicted octanol–water partition coefficient (Wildman–Crippen LogP) is 3.14. The lowest BCUT2D eigenvalue weighted by Gasteiger charge is -2.02. The summed E-state index contributed by atoms with van der Waals surface area (Å²) in [7, 11) is 0. The van der Waals surface area contributed by atoms with Gasteiger partial charge in [-0.1, -0.05) is 31.6 Å². The number of unbranched alkanes of at least 4 members (excludes halogenated alkanes) is 1. The summed E-state index contributed by atoms with van der Waals surface area (Å²) in [6.07, 6.45) is 4.74. The third kappa shape index (κ3) is 11.2. The molecule has 0 atom stereocenters. The highest BCUT2D eigenvalue weighted by molar-refractivity contribution is 5.79. The second kappa shape index (κ2) is 11.5. The third-order valence-corrected chi connectivity index (χ3v) is 2.31. The summed E-state index contributed by atoms with van der Waals surface area (Å²) < 4.78 is 5.22. The standard InChI is InChI=1S/C10H12O3.C6H10O2/c1-2-13-9-5-3-8(4-6-9)7-10(11)12;1-2-3-4-5-6(7)8/h3-6H,2,7H2,1H3,(H,11,12);4-5H,2-3H2,1H3,(H,7,8)/b;5-4+. The van der Waals surface area contributed by atoms with E-state index in [1.54, 1.807) is 30.3 Å².